The summed E-state index contributed by atoms with van der Waals surface area (Å²) in [7, 11) is 0. The third-order valence-corrected chi connectivity index (χ3v) is 5.90. The summed E-state index contributed by atoms with van der Waals surface area (Å²) < 4.78 is 12.0. The lowest BCUT2D eigenvalue weighted by molar-refractivity contribution is 0.174. The predicted octanol–water partition coefficient (Wildman–Crippen LogP) is 5.38. The molecule has 0 radical (unpaired) electrons. The van der Waals surface area contributed by atoms with Crippen molar-refractivity contribution in [3.8, 4) is 11.5 Å². The van der Waals surface area contributed by atoms with Crippen molar-refractivity contribution in [2.45, 2.75) is 25.3 Å². The second-order valence-corrected chi connectivity index (χ2v) is 8.13. The molecule has 0 fully saturated rings. The van der Waals surface area contributed by atoms with Crippen LogP contribution in [0.4, 0.5) is 5.69 Å². The van der Waals surface area contributed by atoms with Gasteiger partial charge in [-0.3, -0.25) is 0 Å². The largest absolute Gasteiger partial charge is 0.454 e. The molecule has 0 spiro atoms. The van der Waals surface area contributed by atoms with Crippen LogP contribution in [0.1, 0.15) is 29.3 Å². The Balaban J connectivity index is 1.65. The molecule has 1 aliphatic carbocycles. The van der Waals surface area contributed by atoms with E-state index in [1.807, 2.05) is 23.5 Å². The van der Waals surface area contributed by atoms with Crippen molar-refractivity contribution < 1.29 is 9.47 Å². The molecular formula is C15H13BrClNO2S. The molecule has 1 atom stereocenters. The number of hydrogen-bond acceptors (Lipinski definition) is 4. The minimum absolute atomic E-state index is 0.264. The van der Waals surface area contributed by atoms with Crippen molar-refractivity contribution in [1.82, 2.24) is 0 Å². The molecular weight excluding hydrogens is 374 g/mol. The van der Waals surface area contributed by atoms with Gasteiger partial charge >= 0.3 is 0 Å². The zero-order valence-electron chi connectivity index (χ0n) is 11.1. The Morgan fingerprint density at radius 1 is 1.24 bits per heavy atom. The second kappa shape index (κ2) is 5.38. The lowest BCUT2D eigenvalue weighted by atomic mass is 9.94. The molecule has 3 nitrogen and oxygen atoms in total. The van der Waals surface area contributed by atoms with Gasteiger partial charge in [-0.05, 0) is 46.8 Å². The zero-order valence-corrected chi connectivity index (χ0v) is 14.3. The van der Waals surface area contributed by atoms with Crippen LogP contribution >= 0.6 is 38.9 Å². The van der Waals surface area contributed by atoms with E-state index in [1.165, 1.54) is 27.1 Å². The first-order valence-electron chi connectivity index (χ1n) is 6.84. The predicted molar refractivity (Wildman–Crippen MR) is 88.9 cm³/mol. The lowest BCUT2D eigenvalue weighted by Crippen LogP contribution is -2.15. The molecule has 1 unspecified atom stereocenters. The summed E-state index contributed by atoms with van der Waals surface area (Å²) >= 11 is 11.8. The van der Waals surface area contributed by atoms with Gasteiger partial charge in [0.2, 0.25) is 6.79 Å². The van der Waals surface area contributed by atoms with Crippen molar-refractivity contribution in [2.24, 2.45) is 0 Å². The van der Waals surface area contributed by atoms with Crippen LogP contribution in [0.2, 0.25) is 5.02 Å². The Kier molecular flexibility index (Phi) is 3.52. The topological polar surface area (TPSA) is 30.5 Å². The van der Waals surface area contributed by atoms with Crippen LogP contribution in [-0.2, 0) is 6.42 Å². The molecule has 0 saturated heterocycles. The summed E-state index contributed by atoms with van der Waals surface area (Å²) in [6.07, 6.45) is 3.47. The van der Waals surface area contributed by atoms with Gasteiger partial charge in [0, 0.05) is 17.0 Å². The average molecular weight is 387 g/mol. The van der Waals surface area contributed by atoms with Gasteiger partial charge in [0.15, 0.2) is 11.5 Å². The Labute approximate surface area is 140 Å². The van der Waals surface area contributed by atoms with E-state index in [4.69, 9.17) is 21.1 Å². The van der Waals surface area contributed by atoms with Gasteiger partial charge < -0.3 is 14.8 Å². The number of halogens is 2. The normalized spacial score (nSPS) is 19.4. The number of fused-ring (bicyclic) bond motifs is 2. The number of benzene rings is 1. The number of ether oxygens (including phenoxy) is 2. The average Bonchev–Trinajstić information content (AvgIpc) is 3.04. The van der Waals surface area contributed by atoms with Gasteiger partial charge in [0.05, 0.1) is 20.5 Å². The van der Waals surface area contributed by atoms with Crippen molar-refractivity contribution in [2.75, 3.05) is 12.1 Å². The van der Waals surface area contributed by atoms with E-state index in [1.54, 1.807) is 0 Å². The number of nitrogens with one attached hydrogen (secondary N) is 1. The van der Waals surface area contributed by atoms with Gasteiger partial charge in [0.25, 0.3) is 0 Å². The molecule has 1 aromatic carbocycles. The van der Waals surface area contributed by atoms with E-state index in [9.17, 15) is 0 Å². The molecule has 0 saturated carbocycles. The van der Waals surface area contributed by atoms with Crippen LogP contribution in [0.3, 0.4) is 0 Å². The fourth-order valence-corrected chi connectivity index (χ4v) is 4.91. The van der Waals surface area contributed by atoms with Crippen molar-refractivity contribution in [3.63, 3.8) is 0 Å². The summed E-state index contributed by atoms with van der Waals surface area (Å²) in [6, 6.07) is 6.27. The van der Waals surface area contributed by atoms with Crippen molar-refractivity contribution >= 4 is 44.6 Å². The molecule has 4 rings (SSSR count). The number of aryl methyl sites for hydroxylation is 1. The number of rotatable bonds is 2. The first-order chi connectivity index (χ1) is 10.2. The summed E-state index contributed by atoms with van der Waals surface area (Å²) in [5.41, 5.74) is 2.29. The van der Waals surface area contributed by atoms with E-state index in [0.717, 1.165) is 17.9 Å². The quantitative estimate of drug-likeness (QED) is 0.751. The van der Waals surface area contributed by atoms with E-state index < -0.39 is 0 Å². The maximum absolute atomic E-state index is 6.35. The number of thiophene rings is 1. The summed E-state index contributed by atoms with van der Waals surface area (Å²) in [6.45, 7) is 0.264. The summed E-state index contributed by atoms with van der Waals surface area (Å²) in [5, 5.41) is 4.23. The highest BCUT2D eigenvalue weighted by Gasteiger charge is 2.24. The van der Waals surface area contributed by atoms with Crippen LogP contribution in [0.5, 0.6) is 11.5 Å². The molecule has 1 N–H and O–H groups in total. The Morgan fingerprint density at radius 2 is 2.05 bits per heavy atom. The molecule has 21 heavy (non-hydrogen) atoms. The molecule has 1 aliphatic heterocycles. The van der Waals surface area contributed by atoms with Crippen molar-refractivity contribution in [1.29, 1.82) is 0 Å². The third kappa shape index (κ3) is 2.51. The van der Waals surface area contributed by atoms with Crippen LogP contribution in [0, 0.1) is 0 Å². The monoisotopic (exact) mass is 385 g/mol. The molecule has 2 heterocycles. The fraction of sp³-hybridized carbons (Fsp3) is 0.333. The standard InChI is InChI=1S/C15H13BrClNO2S/c16-15-4-8-10(2-1-3-14(8)21-15)18-11-6-13-12(5-9(11)17)19-7-20-13/h4-6,10,18H,1-3,7H2. The van der Waals surface area contributed by atoms with E-state index in [2.05, 4.69) is 27.3 Å². The van der Waals surface area contributed by atoms with Gasteiger partial charge in [-0.2, -0.15) is 0 Å². The highest BCUT2D eigenvalue weighted by molar-refractivity contribution is 9.11. The van der Waals surface area contributed by atoms with Crippen LogP contribution in [-0.4, -0.2) is 6.79 Å². The molecule has 110 valence electrons. The van der Waals surface area contributed by atoms with E-state index >= 15 is 0 Å². The Hall–Kier alpha value is -0.910. The highest BCUT2D eigenvalue weighted by Crippen LogP contribution is 2.43. The first-order valence-corrected chi connectivity index (χ1v) is 8.83. The van der Waals surface area contributed by atoms with Gasteiger partial charge in [-0.1, -0.05) is 11.6 Å². The maximum Gasteiger partial charge on any atom is 0.231 e. The van der Waals surface area contributed by atoms with E-state index in [0.29, 0.717) is 16.8 Å². The molecule has 2 aliphatic rings. The minimum Gasteiger partial charge on any atom is -0.454 e. The summed E-state index contributed by atoms with van der Waals surface area (Å²) in [5.74, 6) is 1.47. The summed E-state index contributed by atoms with van der Waals surface area (Å²) in [4.78, 5) is 1.46. The van der Waals surface area contributed by atoms with Crippen LogP contribution in [0.25, 0.3) is 0 Å². The van der Waals surface area contributed by atoms with Gasteiger partial charge in [-0.15, -0.1) is 11.3 Å². The van der Waals surface area contributed by atoms with Crippen molar-refractivity contribution in [3.05, 3.63) is 37.4 Å². The Morgan fingerprint density at radius 3 is 2.90 bits per heavy atom. The molecule has 0 bridgehead atoms. The minimum atomic E-state index is 0.264. The van der Waals surface area contributed by atoms with Crippen LogP contribution < -0.4 is 14.8 Å². The van der Waals surface area contributed by atoms with Gasteiger partial charge in [0.1, 0.15) is 0 Å². The number of anilines is 1. The molecule has 2 aromatic rings. The third-order valence-electron chi connectivity index (χ3n) is 3.88. The smallest absolute Gasteiger partial charge is 0.231 e. The molecule has 1 aromatic heterocycles. The maximum atomic E-state index is 6.35. The SMILES string of the molecule is Clc1cc2c(cc1NC1CCCc3sc(Br)cc31)OCO2. The van der Waals surface area contributed by atoms with Gasteiger partial charge in [-0.25, -0.2) is 0 Å². The van der Waals surface area contributed by atoms with E-state index in [-0.39, 0.29) is 6.79 Å². The molecule has 6 heteroatoms. The highest BCUT2D eigenvalue weighted by atomic mass is 79.9. The number of hydrogen-bond donors (Lipinski definition) is 1. The Bertz CT molecular complexity index is 703. The first kappa shape index (κ1) is 13.7. The lowest BCUT2D eigenvalue weighted by Gasteiger charge is -2.25. The fourth-order valence-electron chi connectivity index (χ4n) is 2.89. The molecule has 0 amide bonds. The zero-order chi connectivity index (χ0) is 14.4. The van der Waals surface area contributed by atoms with Crippen LogP contribution in [0.15, 0.2) is 22.0 Å². The second-order valence-electron chi connectivity index (χ2n) is 5.20.